The van der Waals surface area contributed by atoms with Crippen molar-refractivity contribution in [2.75, 3.05) is 59.0 Å². The smallest absolute Gasteiger partial charge is 0.413 e. The van der Waals surface area contributed by atoms with Gasteiger partial charge in [0.1, 0.15) is 60.0 Å². The molecule has 4 atom stereocenters. The van der Waals surface area contributed by atoms with E-state index in [4.69, 9.17) is 30.4 Å². The lowest BCUT2D eigenvalue weighted by atomic mass is 9.83. The Morgan fingerprint density at radius 1 is 0.608 bits per heavy atom. The van der Waals surface area contributed by atoms with Crippen LogP contribution in [0.4, 0.5) is 52.8 Å². The quantitative estimate of drug-likeness (QED) is 0.0697. The van der Waals surface area contributed by atoms with E-state index in [1.165, 1.54) is 12.4 Å². The van der Waals surface area contributed by atoms with E-state index in [0.29, 0.717) is 94.7 Å². The van der Waals surface area contributed by atoms with E-state index in [1.807, 2.05) is 13.8 Å². The molecule has 4 aliphatic rings. The summed E-state index contributed by atoms with van der Waals surface area (Å²) in [5.74, 6) is 0.581. The van der Waals surface area contributed by atoms with Crippen LogP contribution in [0.3, 0.4) is 0 Å². The lowest BCUT2D eigenvalue weighted by Crippen LogP contribution is -2.33. The number of nitrogens with zero attached hydrogens (tertiary/aromatic N) is 4. The van der Waals surface area contributed by atoms with Crippen LogP contribution < -0.4 is 42.2 Å². The number of hydrogen-bond donors (Lipinski definition) is 6. The van der Waals surface area contributed by atoms with Gasteiger partial charge < -0.3 is 50.6 Å². The lowest BCUT2D eigenvalue weighted by Gasteiger charge is -2.30. The van der Waals surface area contributed by atoms with Crippen molar-refractivity contribution in [2.45, 2.75) is 104 Å². The number of Topliss-reactive ketones (excluding diaryl/α,β-unsaturated/α-hetero) is 2. The first-order chi connectivity index (χ1) is 35.6. The monoisotopic (exact) mass is 1010 g/mol. The van der Waals surface area contributed by atoms with Crippen LogP contribution in [0.5, 0.6) is 11.8 Å². The summed E-state index contributed by atoms with van der Waals surface area (Å²) in [5.41, 5.74) is 17.0. The van der Waals surface area contributed by atoms with Crippen molar-refractivity contribution in [3.63, 3.8) is 0 Å². The zero-order valence-corrected chi connectivity index (χ0v) is 41.8. The summed E-state index contributed by atoms with van der Waals surface area (Å²) in [7, 11) is 0. The minimum absolute atomic E-state index is 0.0280. The maximum absolute atomic E-state index is 15.4. The summed E-state index contributed by atoms with van der Waals surface area (Å²) in [4.78, 5) is 65.7. The number of hydrogen-bond acceptors (Lipinski definition) is 16. The van der Waals surface area contributed by atoms with Gasteiger partial charge in [-0.2, -0.15) is 0 Å². The van der Waals surface area contributed by atoms with Crippen LogP contribution in [0, 0.1) is 37.3 Å². The van der Waals surface area contributed by atoms with Crippen LogP contribution >= 0.6 is 0 Å². The normalized spacial score (nSPS) is 18.9. The zero-order chi connectivity index (χ0) is 52.2. The van der Waals surface area contributed by atoms with Gasteiger partial charge in [0.2, 0.25) is 11.8 Å². The molecular formula is C54H60F2N10O8. The van der Waals surface area contributed by atoms with Crippen molar-refractivity contribution < 1.29 is 46.9 Å². The van der Waals surface area contributed by atoms with Crippen molar-refractivity contribution in [2.24, 2.45) is 11.8 Å². The molecule has 2 amide bonds. The van der Waals surface area contributed by atoms with Crippen molar-refractivity contribution in [1.29, 1.82) is 0 Å². The number of amides is 2. The van der Waals surface area contributed by atoms with E-state index in [2.05, 4.69) is 41.2 Å². The predicted octanol–water partition coefficient (Wildman–Crippen LogP) is 10.4. The molecule has 10 rings (SSSR count). The average Bonchev–Trinajstić information content (AvgIpc) is 3.38. The lowest BCUT2D eigenvalue weighted by molar-refractivity contribution is -0.120. The number of pyridine rings is 4. The maximum atomic E-state index is 15.4. The minimum atomic E-state index is -0.636. The molecule has 0 bridgehead atoms. The van der Waals surface area contributed by atoms with Gasteiger partial charge in [0.25, 0.3) is 0 Å². The molecule has 4 aromatic heterocycles. The second-order valence-electron chi connectivity index (χ2n) is 19.4. The van der Waals surface area contributed by atoms with E-state index >= 15 is 8.78 Å². The molecular weight excluding hydrogens is 955 g/mol. The largest absolute Gasteiger partial charge is 0.474 e. The first-order valence-corrected chi connectivity index (χ1v) is 25.1. The Balaban J connectivity index is 0.000000182. The van der Waals surface area contributed by atoms with Gasteiger partial charge in [-0.05, 0) is 112 Å². The van der Waals surface area contributed by atoms with Crippen molar-refractivity contribution >= 4 is 79.7 Å². The van der Waals surface area contributed by atoms with E-state index < -0.39 is 23.8 Å². The Hall–Kier alpha value is -7.90. The molecule has 388 valence electrons. The standard InChI is InChI=1S/2C27H30FN5O4/c2*1-14(34)9-16-5-3-4-6-21(16)37-27(35)33-22-11-17-10-18(23(28)24(29)20(17)13-31-22)19-12-32-26-25(15(19)2)30-7-8-36-26/h2*10-13,16,21,30H,3-9,29H2,1-2H3,(H,31,33,35)/t2*16-,21+/m10/s1. The molecule has 74 heavy (non-hydrogen) atoms. The Labute approximate surface area is 426 Å². The number of nitrogens with one attached hydrogen (secondary N) is 4. The van der Waals surface area contributed by atoms with Gasteiger partial charge in [0.05, 0.1) is 11.4 Å². The number of halogens is 2. The van der Waals surface area contributed by atoms with Crippen molar-refractivity contribution in [1.82, 2.24) is 19.9 Å². The topological polar surface area (TPSA) is 257 Å². The fourth-order valence-corrected chi connectivity index (χ4v) is 10.5. The maximum Gasteiger partial charge on any atom is 0.413 e. The highest BCUT2D eigenvalue weighted by Crippen LogP contribution is 2.42. The fraction of sp³-hybridized carbons (Fsp3) is 0.407. The molecule has 8 N–H and O–H groups in total. The van der Waals surface area contributed by atoms with Crippen LogP contribution in [-0.4, -0.2) is 82.2 Å². The number of ketones is 2. The van der Waals surface area contributed by atoms with E-state index in [1.54, 1.807) is 50.5 Å². The molecule has 0 saturated heterocycles. The van der Waals surface area contributed by atoms with Gasteiger partial charge in [0, 0.05) is 95.6 Å². The number of carbonyl (C=O) groups is 4. The average molecular weight is 1020 g/mol. The summed E-state index contributed by atoms with van der Waals surface area (Å²) in [6.07, 6.45) is 12.0. The van der Waals surface area contributed by atoms with Gasteiger partial charge in [0.15, 0.2) is 11.6 Å². The predicted molar refractivity (Wildman–Crippen MR) is 278 cm³/mol. The van der Waals surface area contributed by atoms with Gasteiger partial charge in [-0.25, -0.2) is 38.3 Å². The molecule has 2 aromatic carbocycles. The van der Waals surface area contributed by atoms with Gasteiger partial charge in [-0.15, -0.1) is 0 Å². The molecule has 20 heteroatoms. The molecule has 18 nitrogen and oxygen atoms in total. The summed E-state index contributed by atoms with van der Waals surface area (Å²) in [6, 6.07) is 6.60. The summed E-state index contributed by atoms with van der Waals surface area (Å²) in [6.45, 7) is 9.15. The van der Waals surface area contributed by atoms with Gasteiger partial charge in [-0.1, -0.05) is 12.8 Å². The molecule has 6 aromatic rings. The Morgan fingerprint density at radius 3 is 1.42 bits per heavy atom. The number of anilines is 6. The van der Waals surface area contributed by atoms with E-state index in [9.17, 15) is 19.2 Å². The van der Waals surface area contributed by atoms with E-state index in [0.717, 1.165) is 73.9 Å². The molecule has 2 aliphatic carbocycles. The highest BCUT2D eigenvalue weighted by Gasteiger charge is 2.31. The number of rotatable bonds is 10. The van der Waals surface area contributed by atoms with Crippen LogP contribution in [-0.2, 0) is 19.1 Å². The second-order valence-corrected chi connectivity index (χ2v) is 19.4. The zero-order valence-electron chi connectivity index (χ0n) is 41.8. The summed E-state index contributed by atoms with van der Waals surface area (Å²) < 4.78 is 53.3. The minimum Gasteiger partial charge on any atom is -0.474 e. The first kappa shape index (κ1) is 51.0. The molecule has 0 spiro atoms. The number of benzene rings is 2. The van der Waals surface area contributed by atoms with Crippen LogP contribution in [0.15, 0.2) is 49.1 Å². The van der Waals surface area contributed by atoms with Gasteiger partial charge in [-0.3, -0.25) is 10.6 Å². The number of nitrogen functional groups attached to an aromatic ring is 2. The number of ether oxygens (including phenoxy) is 4. The molecule has 2 fully saturated rings. The summed E-state index contributed by atoms with van der Waals surface area (Å²) in [5, 5.41) is 13.9. The molecule has 2 saturated carbocycles. The fourth-order valence-electron chi connectivity index (χ4n) is 10.5. The number of carbonyl (C=O) groups excluding carboxylic acids is 4. The molecule has 0 radical (unpaired) electrons. The third-order valence-electron chi connectivity index (χ3n) is 14.2. The Kier molecular flexibility index (Phi) is 15.2. The van der Waals surface area contributed by atoms with E-state index in [-0.39, 0.29) is 58.6 Å². The SMILES string of the molecule is CC(=O)C[C@@H]1CCCC[C@H]1OC(=O)Nc1cc2cc(-c3cnc4c(c3C)NCCO4)c(F)c(N)c2cn1.CC(=O)C[C@H]1CCCC[C@@H]1OC(=O)Nc1cc2cc(-c3cnc4c(c3C)NCCO4)c(F)c(N)c2cn1. The highest BCUT2D eigenvalue weighted by atomic mass is 19.1. The summed E-state index contributed by atoms with van der Waals surface area (Å²) >= 11 is 0. The number of fused-ring (bicyclic) bond motifs is 4. The van der Waals surface area contributed by atoms with Crippen LogP contribution in [0.2, 0.25) is 0 Å². The third kappa shape index (κ3) is 11.0. The number of nitrogens with two attached hydrogens (primary N) is 2. The Bertz CT molecular complexity index is 2970. The Morgan fingerprint density at radius 2 is 1.01 bits per heavy atom. The molecule has 6 heterocycles. The number of aromatic nitrogens is 4. The third-order valence-corrected chi connectivity index (χ3v) is 14.2. The van der Waals surface area contributed by atoms with Crippen LogP contribution in [0.1, 0.15) is 89.2 Å². The molecule has 2 aliphatic heterocycles. The highest BCUT2D eigenvalue weighted by molar-refractivity contribution is 6.01. The van der Waals surface area contributed by atoms with Gasteiger partial charge >= 0.3 is 12.2 Å². The van der Waals surface area contributed by atoms with Crippen molar-refractivity contribution in [3.05, 3.63) is 71.8 Å². The van der Waals surface area contributed by atoms with Crippen molar-refractivity contribution in [3.8, 4) is 34.0 Å². The van der Waals surface area contributed by atoms with Crippen LogP contribution in [0.25, 0.3) is 43.8 Å². The second kappa shape index (κ2) is 22.1. The molecule has 0 unspecified atom stereocenters. The first-order valence-electron chi connectivity index (χ1n) is 25.1.